The van der Waals surface area contributed by atoms with Gasteiger partial charge in [0.05, 0.1) is 16.0 Å². The monoisotopic (exact) mass is 338 g/mol. The maximum Gasteiger partial charge on any atom is 0.261 e. The van der Waals surface area contributed by atoms with E-state index in [1.807, 2.05) is 32.9 Å². The Labute approximate surface area is 139 Å². The van der Waals surface area contributed by atoms with E-state index in [1.165, 1.54) is 11.3 Å². The van der Waals surface area contributed by atoms with E-state index in [2.05, 4.69) is 5.32 Å². The second kappa shape index (κ2) is 7.03. The summed E-state index contributed by atoms with van der Waals surface area (Å²) in [6.07, 6.45) is 0.0916. The van der Waals surface area contributed by atoms with E-state index in [4.69, 9.17) is 22.1 Å². The number of hydrogen-bond donors (Lipinski definition) is 2. The average Bonchev–Trinajstić information content (AvgIpc) is 2.76. The zero-order valence-electron chi connectivity index (χ0n) is 12.8. The highest BCUT2D eigenvalue weighted by atomic mass is 35.5. The van der Waals surface area contributed by atoms with Crippen LogP contribution in [-0.2, 0) is 6.54 Å². The molecule has 22 heavy (non-hydrogen) atoms. The molecule has 1 amide bonds. The number of halogens is 1. The number of anilines is 1. The highest BCUT2D eigenvalue weighted by Gasteiger charge is 2.13. The molecule has 6 heteroatoms. The molecule has 1 aromatic heterocycles. The molecule has 2 rings (SSSR count). The van der Waals surface area contributed by atoms with Crippen LogP contribution in [0.2, 0.25) is 5.02 Å². The van der Waals surface area contributed by atoms with Gasteiger partial charge in [0.2, 0.25) is 0 Å². The Bertz CT molecular complexity index is 683. The lowest BCUT2D eigenvalue weighted by atomic mass is 10.2. The van der Waals surface area contributed by atoms with Gasteiger partial charge in [0, 0.05) is 11.6 Å². The molecule has 0 unspecified atom stereocenters. The van der Waals surface area contributed by atoms with Crippen LogP contribution in [-0.4, -0.2) is 12.0 Å². The summed E-state index contributed by atoms with van der Waals surface area (Å²) in [5.74, 6) is 0.578. The van der Waals surface area contributed by atoms with Gasteiger partial charge in [-0.05, 0) is 50.1 Å². The maximum atomic E-state index is 12.2. The van der Waals surface area contributed by atoms with E-state index in [0.29, 0.717) is 21.4 Å². The van der Waals surface area contributed by atoms with Crippen molar-refractivity contribution in [3.05, 3.63) is 45.3 Å². The van der Waals surface area contributed by atoms with Crippen molar-refractivity contribution in [3.63, 3.8) is 0 Å². The van der Waals surface area contributed by atoms with Crippen molar-refractivity contribution in [3.8, 4) is 5.75 Å². The van der Waals surface area contributed by atoms with Crippen molar-refractivity contribution >= 4 is 33.8 Å². The summed E-state index contributed by atoms with van der Waals surface area (Å²) in [5.41, 5.74) is 7.43. The first-order valence-corrected chi connectivity index (χ1v) is 8.15. The number of nitrogens with two attached hydrogens (primary N) is 1. The Morgan fingerprint density at radius 1 is 1.41 bits per heavy atom. The van der Waals surface area contributed by atoms with E-state index in [9.17, 15) is 4.79 Å². The van der Waals surface area contributed by atoms with E-state index < -0.39 is 0 Å². The summed E-state index contributed by atoms with van der Waals surface area (Å²) in [4.78, 5) is 12.8. The minimum Gasteiger partial charge on any atom is -0.491 e. The molecule has 0 bridgehead atoms. The fraction of sp³-hybridized carbons (Fsp3) is 0.312. The molecule has 0 aliphatic rings. The topological polar surface area (TPSA) is 64.4 Å². The van der Waals surface area contributed by atoms with E-state index >= 15 is 0 Å². The van der Waals surface area contributed by atoms with Crippen LogP contribution < -0.4 is 15.8 Å². The summed E-state index contributed by atoms with van der Waals surface area (Å²) in [6.45, 7) is 6.14. The number of aryl methyl sites for hydroxylation is 1. The second-order valence-electron chi connectivity index (χ2n) is 5.26. The van der Waals surface area contributed by atoms with Crippen molar-refractivity contribution in [2.45, 2.75) is 33.4 Å². The zero-order valence-corrected chi connectivity index (χ0v) is 14.3. The van der Waals surface area contributed by atoms with E-state index in [0.717, 1.165) is 16.9 Å². The summed E-state index contributed by atoms with van der Waals surface area (Å²) >= 11 is 7.51. The standard InChI is InChI=1S/C16H19ClN2O2S/c1-9(2)21-12-5-4-11(13(17)7-12)8-19-16(20)15-10(3)6-14(18)22-15/h4-7,9H,8,18H2,1-3H3,(H,19,20). The predicted molar refractivity (Wildman–Crippen MR) is 91.9 cm³/mol. The third kappa shape index (κ3) is 4.15. The number of nitrogen functional groups attached to an aromatic ring is 1. The molecular weight excluding hydrogens is 320 g/mol. The second-order valence-corrected chi connectivity index (χ2v) is 6.75. The van der Waals surface area contributed by atoms with Crippen LogP contribution in [0.1, 0.15) is 34.6 Å². The Morgan fingerprint density at radius 3 is 2.68 bits per heavy atom. The lowest BCUT2D eigenvalue weighted by molar-refractivity contribution is 0.0954. The Morgan fingerprint density at radius 2 is 2.14 bits per heavy atom. The summed E-state index contributed by atoms with van der Waals surface area (Å²) in [6, 6.07) is 7.26. The first-order valence-electron chi connectivity index (χ1n) is 6.96. The molecule has 0 aliphatic heterocycles. The maximum absolute atomic E-state index is 12.2. The van der Waals surface area contributed by atoms with Crippen molar-refractivity contribution in [2.24, 2.45) is 0 Å². The Kier molecular flexibility index (Phi) is 5.32. The number of amides is 1. The number of hydrogen-bond acceptors (Lipinski definition) is 4. The van der Waals surface area contributed by atoms with Crippen molar-refractivity contribution in [1.29, 1.82) is 0 Å². The minimum absolute atomic E-state index is 0.0916. The van der Waals surface area contributed by atoms with Crippen LogP contribution in [0.5, 0.6) is 5.75 Å². The fourth-order valence-corrected chi connectivity index (χ4v) is 3.10. The van der Waals surface area contributed by atoms with Gasteiger partial charge in [-0.15, -0.1) is 11.3 Å². The summed E-state index contributed by atoms with van der Waals surface area (Å²) in [5, 5.41) is 4.07. The van der Waals surface area contributed by atoms with Gasteiger partial charge in [0.1, 0.15) is 5.75 Å². The molecule has 1 heterocycles. The van der Waals surface area contributed by atoms with Crippen LogP contribution in [0.25, 0.3) is 0 Å². The molecular formula is C16H19ClN2O2S. The molecule has 118 valence electrons. The lowest BCUT2D eigenvalue weighted by Crippen LogP contribution is -2.22. The zero-order chi connectivity index (χ0) is 16.3. The molecule has 0 saturated carbocycles. The third-order valence-electron chi connectivity index (χ3n) is 2.98. The van der Waals surface area contributed by atoms with Crippen LogP contribution in [0, 0.1) is 6.92 Å². The number of carbonyl (C=O) groups is 1. The van der Waals surface area contributed by atoms with Crippen LogP contribution >= 0.6 is 22.9 Å². The SMILES string of the molecule is Cc1cc(N)sc1C(=O)NCc1ccc(OC(C)C)cc1Cl. The van der Waals surface area contributed by atoms with Gasteiger partial charge < -0.3 is 15.8 Å². The van der Waals surface area contributed by atoms with Gasteiger partial charge in [-0.1, -0.05) is 17.7 Å². The number of benzene rings is 1. The highest BCUT2D eigenvalue weighted by molar-refractivity contribution is 7.17. The van der Waals surface area contributed by atoms with Crippen molar-refractivity contribution < 1.29 is 9.53 Å². The van der Waals surface area contributed by atoms with Crippen molar-refractivity contribution in [1.82, 2.24) is 5.32 Å². The third-order valence-corrected chi connectivity index (χ3v) is 4.40. The molecule has 0 fully saturated rings. The minimum atomic E-state index is -0.141. The first-order chi connectivity index (χ1) is 10.4. The first kappa shape index (κ1) is 16.6. The normalized spacial score (nSPS) is 10.8. The van der Waals surface area contributed by atoms with E-state index in [-0.39, 0.29) is 12.0 Å². The van der Waals surface area contributed by atoms with Crippen LogP contribution in [0.3, 0.4) is 0 Å². The molecule has 0 aliphatic carbocycles. The largest absolute Gasteiger partial charge is 0.491 e. The van der Waals surface area contributed by atoms with Crippen LogP contribution in [0.4, 0.5) is 5.00 Å². The van der Waals surface area contributed by atoms with Gasteiger partial charge in [0.15, 0.2) is 0 Å². The quantitative estimate of drug-likeness (QED) is 0.865. The lowest BCUT2D eigenvalue weighted by Gasteiger charge is -2.12. The molecule has 1 aromatic carbocycles. The number of rotatable bonds is 5. The van der Waals surface area contributed by atoms with Gasteiger partial charge >= 0.3 is 0 Å². The van der Waals surface area contributed by atoms with Crippen LogP contribution in [0.15, 0.2) is 24.3 Å². The van der Waals surface area contributed by atoms with Gasteiger partial charge in [-0.25, -0.2) is 0 Å². The number of thiophene rings is 1. The van der Waals surface area contributed by atoms with Gasteiger partial charge in [0.25, 0.3) is 5.91 Å². The molecule has 0 radical (unpaired) electrons. The molecule has 0 atom stereocenters. The fourth-order valence-electron chi connectivity index (χ4n) is 2.00. The Hall–Kier alpha value is -1.72. The van der Waals surface area contributed by atoms with E-state index in [1.54, 1.807) is 12.1 Å². The molecule has 2 aromatic rings. The molecule has 0 spiro atoms. The highest BCUT2D eigenvalue weighted by Crippen LogP contribution is 2.25. The summed E-state index contributed by atoms with van der Waals surface area (Å²) in [7, 11) is 0. The Balaban J connectivity index is 2.02. The van der Waals surface area contributed by atoms with Gasteiger partial charge in [-0.2, -0.15) is 0 Å². The number of carbonyl (C=O) groups excluding carboxylic acids is 1. The number of nitrogens with one attached hydrogen (secondary N) is 1. The predicted octanol–water partition coefficient (Wildman–Crippen LogP) is 4.01. The molecule has 4 nitrogen and oxygen atoms in total. The average molecular weight is 339 g/mol. The smallest absolute Gasteiger partial charge is 0.261 e. The number of ether oxygens (including phenoxy) is 1. The van der Waals surface area contributed by atoms with Crippen molar-refractivity contribution in [2.75, 3.05) is 5.73 Å². The molecule has 0 saturated heterocycles. The summed E-state index contributed by atoms with van der Waals surface area (Å²) < 4.78 is 5.58. The molecule has 3 N–H and O–H groups in total. The van der Waals surface area contributed by atoms with Gasteiger partial charge in [-0.3, -0.25) is 4.79 Å².